The van der Waals surface area contributed by atoms with Crippen LogP contribution in [-0.2, 0) is 16.6 Å². The van der Waals surface area contributed by atoms with E-state index in [0.29, 0.717) is 0 Å². The predicted octanol–water partition coefficient (Wildman–Crippen LogP) is 3.13. The first-order chi connectivity index (χ1) is 8.50. The molecule has 0 unspecified atom stereocenters. The molecule has 18 heavy (non-hydrogen) atoms. The van der Waals surface area contributed by atoms with Crippen LogP contribution < -0.4 is 4.72 Å². The van der Waals surface area contributed by atoms with Gasteiger partial charge in [0.05, 0.1) is 0 Å². The van der Waals surface area contributed by atoms with E-state index in [9.17, 15) is 12.8 Å². The van der Waals surface area contributed by atoms with Gasteiger partial charge in [-0.15, -0.1) is 11.3 Å². The van der Waals surface area contributed by atoms with Gasteiger partial charge in [0.2, 0.25) is 10.0 Å². The van der Waals surface area contributed by atoms with Crippen LogP contribution in [0.5, 0.6) is 0 Å². The Morgan fingerprint density at radius 2 is 2.00 bits per heavy atom. The third-order valence-electron chi connectivity index (χ3n) is 2.24. The Kier molecular flexibility index (Phi) is 4.16. The van der Waals surface area contributed by atoms with E-state index in [-0.39, 0.29) is 11.4 Å². The minimum absolute atomic E-state index is 0.134. The second-order valence-electron chi connectivity index (χ2n) is 3.45. The molecular formula is C11H9BrFNO2S2. The Labute approximate surface area is 117 Å². The molecule has 0 amide bonds. The Morgan fingerprint density at radius 3 is 2.61 bits per heavy atom. The molecule has 0 bridgehead atoms. The zero-order valence-corrected chi connectivity index (χ0v) is 12.3. The second kappa shape index (κ2) is 5.48. The molecule has 2 rings (SSSR count). The van der Waals surface area contributed by atoms with Crippen molar-refractivity contribution in [2.75, 3.05) is 0 Å². The maximum atomic E-state index is 13.4. The van der Waals surface area contributed by atoms with Gasteiger partial charge in [0.15, 0.2) is 0 Å². The maximum Gasteiger partial charge on any atom is 0.243 e. The van der Waals surface area contributed by atoms with Crippen LogP contribution in [0.2, 0.25) is 0 Å². The first-order valence-corrected chi connectivity index (χ1v) is 8.12. The lowest BCUT2D eigenvalue weighted by Crippen LogP contribution is -2.23. The predicted molar refractivity (Wildman–Crippen MR) is 72.4 cm³/mol. The largest absolute Gasteiger partial charge is 0.243 e. The third kappa shape index (κ3) is 2.97. The number of hydrogen-bond acceptors (Lipinski definition) is 3. The second-order valence-corrected chi connectivity index (χ2v) is 7.04. The molecule has 0 radical (unpaired) electrons. The van der Waals surface area contributed by atoms with Gasteiger partial charge in [-0.25, -0.2) is 17.5 Å². The maximum absolute atomic E-state index is 13.4. The third-order valence-corrected chi connectivity index (χ3v) is 5.60. The van der Waals surface area contributed by atoms with Crippen LogP contribution in [0.1, 0.15) is 4.88 Å². The van der Waals surface area contributed by atoms with Crippen LogP contribution in [0, 0.1) is 5.82 Å². The summed E-state index contributed by atoms with van der Waals surface area (Å²) in [7, 11) is -3.82. The zero-order valence-electron chi connectivity index (χ0n) is 9.06. The fraction of sp³-hybridized carbons (Fsp3) is 0.0909. The summed E-state index contributed by atoms with van der Waals surface area (Å²) in [5, 5.41) is 1.84. The Morgan fingerprint density at radius 1 is 1.28 bits per heavy atom. The van der Waals surface area contributed by atoms with E-state index in [2.05, 4.69) is 20.7 Å². The first-order valence-electron chi connectivity index (χ1n) is 4.97. The Hall–Kier alpha value is -0.760. The summed E-state index contributed by atoms with van der Waals surface area (Å²) in [6, 6.07) is 7.12. The molecular weight excluding hydrogens is 341 g/mol. The highest BCUT2D eigenvalue weighted by atomic mass is 79.9. The van der Waals surface area contributed by atoms with Crippen molar-refractivity contribution in [1.29, 1.82) is 0 Å². The van der Waals surface area contributed by atoms with E-state index in [1.807, 2.05) is 11.4 Å². The lowest BCUT2D eigenvalue weighted by Gasteiger charge is -2.06. The molecule has 0 aliphatic carbocycles. The molecule has 3 nitrogen and oxygen atoms in total. The van der Waals surface area contributed by atoms with Gasteiger partial charge >= 0.3 is 0 Å². The minimum atomic E-state index is -3.82. The molecule has 0 saturated carbocycles. The van der Waals surface area contributed by atoms with Crippen molar-refractivity contribution in [1.82, 2.24) is 4.72 Å². The summed E-state index contributed by atoms with van der Waals surface area (Å²) in [4.78, 5) is 0.507. The monoisotopic (exact) mass is 349 g/mol. The number of hydrogen-bond donors (Lipinski definition) is 1. The lowest BCUT2D eigenvalue weighted by molar-refractivity contribution is 0.557. The van der Waals surface area contributed by atoms with E-state index < -0.39 is 15.8 Å². The summed E-state index contributed by atoms with van der Waals surface area (Å²) in [6.45, 7) is 0.134. The first kappa shape index (κ1) is 13.7. The topological polar surface area (TPSA) is 46.2 Å². The van der Waals surface area contributed by atoms with Crippen LogP contribution in [-0.4, -0.2) is 8.42 Å². The van der Waals surface area contributed by atoms with Gasteiger partial charge in [-0.05, 0) is 39.5 Å². The van der Waals surface area contributed by atoms with Crippen molar-refractivity contribution >= 4 is 37.3 Å². The minimum Gasteiger partial charge on any atom is -0.207 e. The highest BCUT2D eigenvalue weighted by Gasteiger charge is 2.18. The number of rotatable bonds is 4. The summed E-state index contributed by atoms with van der Waals surface area (Å²) < 4.78 is 40.4. The van der Waals surface area contributed by atoms with Gasteiger partial charge in [-0.3, -0.25) is 0 Å². The van der Waals surface area contributed by atoms with Gasteiger partial charge < -0.3 is 0 Å². The summed E-state index contributed by atoms with van der Waals surface area (Å²) >= 11 is 4.73. The van der Waals surface area contributed by atoms with Crippen LogP contribution >= 0.6 is 27.3 Å². The molecule has 2 aromatic rings. The Balaban J connectivity index is 2.19. The van der Waals surface area contributed by atoms with Crippen molar-refractivity contribution in [3.8, 4) is 0 Å². The number of nitrogens with one attached hydrogen (secondary N) is 1. The molecule has 0 aliphatic rings. The normalized spacial score (nSPS) is 11.7. The van der Waals surface area contributed by atoms with Gasteiger partial charge in [-0.1, -0.05) is 12.1 Å². The molecule has 0 atom stereocenters. The quantitative estimate of drug-likeness (QED) is 0.921. The fourth-order valence-corrected chi connectivity index (χ4v) is 3.95. The molecule has 0 spiro atoms. The van der Waals surface area contributed by atoms with Crippen LogP contribution in [0.25, 0.3) is 0 Å². The number of halogens is 2. The average molecular weight is 350 g/mol. The number of sulfonamides is 1. The highest BCUT2D eigenvalue weighted by molar-refractivity contribution is 9.10. The molecule has 1 heterocycles. The van der Waals surface area contributed by atoms with E-state index in [1.165, 1.54) is 29.5 Å². The number of benzene rings is 1. The molecule has 0 saturated heterocycles. The SMILES string of the molecule is O=S(=O)(NCc1sccc1Br)c1ccccc1F. The van der Waals surface area contributed by atoms with Crippen molar-refractivity contribution < 1.29 is 12.8 Å². The van der Waals surface area contributed by atoms with Crippen LogP contribution in [0.4, 0.5) is 4.39 Å². The molecule has 1 N–H and O–H groups in total. The lowest BCUT2D eigenvalue weighted by atomic mass is 10.4. The van der Waals surface area contributed by atoms with Crippen molar-refractivity contribution in [2.24, 2.45) is 0 Å². The Bertz CT molecular complexity index is 655. The smallest absolute Gasteiger partial charge is 0.207 e. The van der Waals surface area contributed by atoms with Crippen molar-refractivity contribution in [3.05, 3.63) is 50.9 Å². The molecule has 7 heteroatoms. The van der Waals surface area contributed by atoms with Crippen molar-refractivity contribution in [3.63, 3.8) is 0 Å². The standard InChI is InChI=1S/C11H9BrFNO2S2/c12-8-5-6-17-10(8)7-14-18(15,16)11-4-2-1-3-9(11)13/h1-6,14H,7H2. The van der Waals surface area contributed by atoms with Crippen molar-refractivity contribution in [2.45, 2.75) is 11.4 Å². The molecule has 96 valence electrons. The van der Waals surface area contributed by atoms with E-state index in [4.69, 9.17) is 0 Å². The number of thiophene rings is 1. The highest BCUT2D eigenvalue weighted by Crippen LogP contribution is 2.23. The molecule has 1 aromatic carbocycles. The van der Waals surface area contributed by atoms with E-state index in [1.54, 1.807) is 0 Å². The summed E-state index contributed by atoms with van der Waals surface area (Å²) in [5.74, 6) is -0.754. The van der Waals surface area contributed by atoms with Gasteiger partial charge in [0.25, 0.3) is 0 Å². The molecule has 0 fully saturated rings. The van der Waals surface area contributed by atoms with E-state index >= 15 is 0 Å². The molecule has 0 aliphatic heterocycles. The van der Waals surface area contributed by atoms with Gasteiger partial charge in [0, 0.05) is 15.9 Å². The average Bonchev–Trinajstić information content (AvgIpc) is 2.73. The van der Waals surface area contributed by atoms with Gasteiger partial charge in [-0.2, -0.15) is 0 Å². The van der Waals surface area contributed by atoms with E-state index in [0.717, 1.165) is 15.4 Å². The van der Waals surface area contributed by atoms with Gasteiger partial charge in [0.1, 0.15) is 10.7 Å². The zero-order chi connectivity index (χ0) is 13.2. The molecule has 1 aromatic heterocycles. The van der Waals surface area contributed by atoms with Crippen LogP contribution in [0.3, 0.4) is 0 Å². The summed E-state index contributed by atoms with van der Waals surface area (Å²) in [5.41, 5.74) is 0. The van der Waals surface area contributed by atoms with Crippen LogP contribution in [0.15, 0.2) is 45.1 Å². The summed E-state index contributed by atoms with van der Waals surface area (Å²) in [6.07, 6.45) is 0. The fourth-order valence-electron chi connectivity index (χ4n) is 1.35.